The maximum atomic E-state index is 14.0. The van der Waals surface area contributed by atoms with E-state index in [9.17, 15) is 13.2 Å². The normalized spacial score (nSPS) is 11.6. The third-order valence-electron chi connectivity index (χ3n) is 5.68. The molecule has 0 saturated carbocycles. The van der Waals surface area contributed by atoms with Gasteiger partial charge in [-0.3, -0.25) is 13.5 Å². The van der Waals surface area contributed by atoms with Gasteiger partial charge in [0.2, 0.25) is 0 Å². The minimum absolute atomic E-state index is 0.0962. The number of methoxy groups -OCH3 is 1. The highest BCUT2D eigenvalue weighted by molar-refractivity contribution is 7.92. The molecule has 0 radical (unpaired) electrons. The standard InChI is InChI=1S/C26H27N3O4S/c1-17-6-11-24-27-21(14-25(30)28(24)15-17)16-29(22-7-9-23(33-5)10-8-22)34(31,32)26-19(3)12-18(2)13-20(26)4/h6-15H,16H2,1-5H3. The fourth-order valence-electron chi connectivity index (χ4n) is 4.23. The van der Waals surface area contributed by atoms with Gasteiger partial charge in [0.1, 0.15) is 11.4 Å². The van der Waals surface area contributed by atoms with Crippen LogP contribution in [0.4, 0.5) is 5.69 Å². The Morgan fingerprint density at radius 1 is 0.912 bits per heavy atom. The zero-order chi connectivity index (χ0) is 24.6. The Hall–Kier alpha value is -3.65. The second-order valence-electron chi connectivity index (χ2n) is 8.46. The zero-order valence-corrected chi connectivity index (χ0v) is 20.7. The van der Waals surface area contributed by atoms with E-state index in [1.165, 1.54) is 14.8 Å². The van der Waals surface area contributed by atoms with Gasteiger partial charge in [0.05, 0.1) is 29.9 Å². The van der Waals surface area contributed by atoms with Crippen molar-refractivity contribution in [1.29, 1.82) is 0 Å². The molecule has 0 atom stereocenters. The van der Waals surface area contributed by atoms with Gasteiger partial charge >= 0.3 is 0 Å². The number of aromatic nitrogens is 2. The fraction of sp³-hybridized carbons (Fsp3) is 0.231. The molecule has 0 bridgehead atoms. The van der Waals surface area contributed by atoms with E-state index < -0.39 is 10.0 Å². The number of nitrogens with zero attached hydrogens (tertiary/aromatic N) is 3. The van der Waals surface area contributed by atoms with Crippen LogP contribution >= 0.6 is 0 Å². The fourth-order valence-corrected chi connectivity index (χ4v) is 6.09. The summed E-state index contributed by atoms with van der Waals surface area (Å²) < 4.78 is 36.0. The molecular weight excluding hydrogens is 450 g/mol. The van der Waals surface area contributed by atoms with E-state index in [1.807, 2.05) is 32.0 Å². The maximum absolute atomic E-state index is 14.0. The van der Waals surface area contributed by atoms with E-state index in [0.717, 1.165) is 11.1 Å². The Morgan fingerprint density at radius 2 is 1.56 bits per heavy atom. The van der Waals surface area contributed by atoms with Gasteiger partial charge in [-0.25, -0.2) is 13.4 Å². The molecule has 7 nitrogen and oxygen atoms in total. The number of aryl methyl sites for hydroxylation is 4. The van der Waals surface area contributed by atoms with Crippen LogP contribution in [0.5, 0.6) is 5.75 Å². The number of rotatable bonds is 6. The number of sulfonamides is 1. The van der Waals surface area contributed by atoms with Gasteiger partial charge in [0.15, 0.2) is 0 Å². The SMILES string of the molecule is COc1ccc(N(Cc2cc(=O)n3cc(C)ccc3n2)S(=O)(=O)c2c(C)cc(C)cc2C)cc1. The number of pyridine rings is 1. The van der Waals surface area contributed by atoms with Gasteiger partial charge in [-0.1, -0.05) is 23.8 Å². The highest BCUT2D eigenvalue weighted by Gasteiger charge is 2.29. The molecule has 0 fully saturated rings. The van der Waals surface area contributed by atoms with Crippen LogP contribution in [0, 0.1) is 27.7 Å². The minimum Gasteiger partial charge on any atom is -0.497 e. The maximum Gasteiger partial charge on any atom is 0.265 e. The monoisotopic (exact) mass is 477 g/mol. The van der Waals surface area contributed by atoms with Crippen LogP contribution in [0.1, 0.15) is 27.9 Å². The molecule has 4 rings (SSSR count). The van der Waals surface area contributed by atoms with E-state index in [0.29, 0.717) is 33.9 Å². The lowest BCUT2D eigenvalue weighted by molar-refractivity contribution is 0.415. The van der Waals surface area contributed by atoms with Crippen LogP contribution in [-0.4, -0.2) is 24.9 Å². The van der Waals surface area contributed by atoms with Crippen LogP contribution in [0.25, 0.3) is 5.65 Å². The van der Waals surface area contributed by atoms with Gasteiger partial charge in [-0.15, -0.1) is 0 Å². The summed E-state index contributed by atoms with van der Waals surface area (Å²) >= 11 is 0. The first-order valence-electron chi connectivity index (χ1n) is 10.8. The summed E-state index contributed by atoms with van der Waals surface area (Å²) in [5.41, 5.74) is 4.25. The van der Waals surface area contributed by atoms with Gasteiger partial charge in [-0.2, -0.15) is 0 Å². The summed E-state index contributed by atoms with van der Waals surface area (Å²) in [5, 5.41) is 0. The third kappa shape index (κ3) is 4.41. The van der Waals surface area contributed by atoms with Crippen molar-refractivity contribution in [3.8, 4) is 5.75 Å². The summed E-state index contributed by atoms with van der Waals surface area (Å²) in [6.45, 7) is 7.32. The molecule has 0 unspecified atom stereocenters. The highest BCUT2D eigenvalue weighted by atomic mass is 32.2. The lowest BCUT2D eigenvalue weighted by Gasteiger charge is -2.26. The van der Waals surface area contributed by atoms with Crippen molar-refractivity contribution < 1.29 is 13.2 Å². The van der Waals surface area contributed by atoms with Crippen molar-refractivity contribution in [1.82, 2.24) is 9.38 Å². The molecule has 8 heteroatoms. The predicted molar refractivity (Wildman–Crippen MR) is 133 cm³/mol. The van der Waals surface area contributed by atoms with Crippen LogP contribution in [-0.2, 0) is 16.6 Å². The van der Waals surface area contributed by atoms with Gasteiger partial charge in [-0.05, 0) is 74.7 Å². The highest BCUT2D eigenvalue weighted by Crippen LogP contribution is 2.31. The van der Waals surface area contributed by atoms with Crippen molar-refractivity contribution in [2.75, 3.05) is 11.4 Å². The minimum atomic E-state index is -3.98. The Balaban J connectivity index is 1.88. The smallest absolute Gasteiger partial charge is 0.265 e. The summed E-state index contributed by atoms with van der Waals surface area (Å²) in [6, 6.07) is 15.5. The molecule has 0 saturated heterocycles. The lowest BCUT2D eigenvalue weighted by atomic mass is 10.1. The van der Waals surface area contributed by atoms with E-state index >= 15 is 0 Å². The van der Waals surface area contributed by atoms with Crippen LogP contribution in [0.2, 0.25) is 0 Å². The molecule has 0 spiro atoms. The third-order valence-corrected chi connectivity index (χ3v) is 7.76. The molecule has 0 aliphatic carbocycles. The molecule has 4 aromatic rings. The zero-order valence-electron chi connectivity index (χ0n) is 19.9. The van der Waals surface area contributed by atoms with E-state index in [2.05, 4.69) is 4.98 Å². The molecule has 176 valence electrons. The molecule has 0 amide bonds. The molecule has 0 aliphatic heterocycles. The number of ether oxygens (including phenoxy) is 1. The lowest BCUT2D eigenvalue weighted by Crippen LogP contribution is -2.32. The first kappa shape index (κ1) is 23.5. The molecule has 0 N–H and O–H groups in total. The molecule has 2 aromatic heterocycles. The molecule has 2 heterocycles. The topological polar surface area (TPSA) is 81.0 Å². The van der Waals surface area contributed by atoms with E-state index in [1.54, 1.807) is 57.5 Å². The van der Waals surface area contributed by atoms with Crippen LogP contribution in [0.15, 0.2) is 70.5 Å². The number of fused-ring (bicyclic) bond motifs is 1. The van der Waals surface area contributed by atoms with Crippen molar-refractivity contribution in [2.45, 2.75) is 39.1 Å². The molecular formula is C26H27N3O4S. The second-order valence-corrected chi connectivity index (χ2v) is 10.3. The molecule has 2 aromatic carbocycles. The van der Waals surface area contributed by atoms with E-state index in [-0.39, 0.29) is 17.0 Å². The van der Waals surface area contributed by atoms with Gasteiger partial charge in [0.25, 0.3) is 15.6 Å². The number of hydrogen-bond donors (Lipinski definition) is 0. The average molecular weight is 478 g/mol. The second kappa shape index (κ2) is 8.95. The first-order valence-corrected chi connectivity index (χ1v) is 12.3. The Labute approximate surface area is 199 Å². The quantitative estimate of drug-likeness (QED) is 0.413. The first-order chi connectivity index (χ1) is 16.1. The van der Waals surface area contributed by atoms with Crippen LogP contribution in [0.3, 0.4) is 0 Å². The predicted octanol–water partition coefficient (Wildman–Crippen LogP) is 4.33. The number of hydrogen-bond acceptors (Lipinski definition) is 5. The van der Waals surface area contributed by atoms with Gasteiger partial charge in [0, 0.05) is 12.3 Å². The largest absolute Gasteiger partial charge is 0.497 e. The Kier molecular flexibility index (Phi) is 6.18. The van der Waals surface area contributed by atoms with Gasteiger partial charge < -0.3 is 4.74 Å². The van der Waals surface area contributed by atoms with Crippen molar-refractivity contribution in [3.05, 3.63) is 99.1 Å². The van der Waals surface area contributed by atoms with Crippen molar-refractivity contribution in [2.24, 2.45) is 0 Å². The number of benzene rings is 2. The summed E-state index contributed by atoms with van der Waals surface area (Å²) in [6.07, 6.45) is 1.71. The number of anilines is 1. The summed E-state index contributed by atoms with van der Waals surface area (Å²) in [4.78, 5) is 17.6. The Morgan fingerprint density at radius 3 is 2.18 bits per heavy atom. The molecule has 0 aliphatic rings. The summed E-state index contributed by atoms with van der Waals surface area (Å²) in [7, 11) is -2.43. The molecule has 34 heavy (non-hydrogen) atoms. The van der Waals surface area contributed by atoms with Crippen molar-refractivity contribution >= 4 is 21.4 Å². The van der Waals surface area contributed by atoms with Crippen molar-refractivity contribution in [3.63, 3.8) is 0 Å². The Bertz CT molecular complexity index is 1520. The van der Waals surface area contributed by atoms with Crippen LogP contribution < -0.4 is 14.6 Å². The van der Waals surface area contributed by atoms with E-state index in [4.69, 9.17) is 4.74 Å². The average Bonchev–Trinajstić information content (AvgIpc) is 2.77. The summed E-state index contributed by atoms with van der Waals surface area (Å²) in [5.74, 6) is 0.612.